The van der Waals surface area contributed by atoms with Gasteiger partial charge in [0.15, 0.2) is 0 Å². The molecule has 0 bridgehead atoms. The third-order valence-electron chi connectivity index (χ3n) is 3.50. The van der Waals surface area contributed by atoms with Crippen LogP contribution in [-0.2, 0) is 4.74 Å². The molecule has 1 saturated heterocycles. The summed E-state index contributed by atoms with van der Waals surface area (Å²) in [5, 5.41) is 13.8. The Morgan fingerprint density at radius 2 is 2.41 bits per heavy atom. The van der Waals surface area contributed by atoms with Crippen molar-refractivity contribution in [2.75, 3.05) is 25.1 Å². The largest absolute Gasteiger partial charge is 0.394 e. The van der Waals surface area contributed by atoms with E-state index in [1.807, 2.05) is 24.3 Å². The Kier molecular flexibility index (Phi) is 3.92. The fraction of sp³-hybridized carbons (Fsp3) is 0.538. The lowest BCUT2D eigenvalue weighted by Crippen LogP contribution is -2.53. The quantitative estimate of drug-likeness (QED) is 0.872. The van der Waals surface area contributed by atoms with Gasteiger partial charge in [-0.3, -0.25) is 0 Å². The Morgan fingerprint density at radius 3 is 3.06 bits per heavy atom. The molecular weight excluding hydrogens is 238 g/mol. The summed E-state index contributed by atoms with van der Waals surface area (Å²) in [5.74, 6) is 0.264. The summed E-state index contributed by atoms with van der Waals surface area (Å²) in [6.45, 7) is 3.55. The zero-order valence-corrected chi connectivity index (χ0v) is 10.7. The number of anilines is 1. The fourth-order valence-corrected chi connectivity index (χ4v) is 2.42. The van der Waals surface area contributed by atoms with Crippen molar-refractivity contribution in [3.8, 4) is 0 Å². The van der Waals surface area contributed by atoms with E-state index < -0.39 is 0 Å². The van der Waals surface area contributed by atoms with E-state index in [9.17, 15) is 5.11 Å². The molecule has 0 amide bonds. The summed E-state index contributed by atoms with van der Waals surface area (Å²) in [5.41, 5.74) is 0.642. The van der Waals surface area contributed by atoms with Gasteiger partial charge in [0.1, 0.15) is 0 Å². The van der Waals surface area contributed by atoms with Gasteiger partial charge in [0.05, 0.1) is 18.8 Å². The van der Waals surface area contributed by atoms with Crippen molar-refractivity contribution in [2.45, 2.75) is 18.9 Å². The molecule has 0 saturated carbocycles. The lowest BCUT2D eigenvalue weighted by Gasteiger charge is -2.42. The number of rotatable bonds is 3. The predicted octanol–water partition coefficient (Wildman–Crippen LogP) is 2.54. The number of halogens is 1. The first kappa shape index (κ1) is 12.7. The number of aliphatic hydroxyl groups is 1. The van der Waals surface area contributed by atoms with Crippen LogP contribution in [0, 0.1) is 5.92 Å². The molecule has 2 unspecified atom stereocenters. The second kappa shape index (κ2) is 5.25. The van der Waals surface area contributed by atoms with Crippen molar-refractivity contribution in [1.82, 2.24) is 0 Å². The molecule has 3 nitrogen and oxygen atoms in total. The van der Waals surface area contributed by atoms with Gasteiger partial charge in [0, 0.05) is 23.2 Å². The highest BCUT2D eigenvalue weighted by Crippen LogP contribution is 2.31. The molecule has 1 aliphatic heterocycles. The van der Waals surface area contributed by atoms with E-state index in [4.69, 9.17) is 16.3 Å². The highest BCUT2D eigenvalue weighted by atomic mass is 35.5. The van der Waals surface area contributed by atoms with Gasteiger partial charge in [0.25, 0.3) is 0 Å². The highest BCUT2D eigenvalue weighted by molar-refractivity contribution is 6.30. The van der Waals surface area contributed by atoms with Crippen LogP contribution in [0.15, 0.2) is 24.3 Å². The molecule has 1 fully saturated rings. The smallest absolute Gasteiger partial charge is 0.0673 e. The van der Waals surface area contributed by atoms with Crippen LogP contribution in [0.5, 0.6) is 0 Å². The second-order valence-electron chi connectivity index (χ2n) is 4.68. The van der Waals surface area contributed by atoms with Crippen LogP contribution >= 0.6 is 11.6 Å². The van der Waals surface area contributed by atoms with E-state index in [-0.39, 0.29) is 18.1 Å². The molecule has 1 heterocycles. The summed E-state index contributed by atoms with van der Waals surface area (Å²) in [6.07, 6.45) is 0.803. The average Bonchev–Trinajstić information content (AvgIpc) is 2.32. The number of hydrogen-bond donors (Lipinski definition) is 2. The monoisotopic (exact) mass is 255 g/mol. The van der Waals surface area contributed by atoms with Gasteiger partial charge in [-0.25, -0.2) is 0 Å². The molecule has 0 spiro atoms. The van der Waals surface area contributed by atoms with Crippen LogP contribution in [0.2, 0.25) is 5.02 Å². The van der Waals surface area contributed by atoms with Crippen LogP contribution in [0.4, 0.5) is 5.69 Å². The van der Waals surface area contributed by atoms with Crippen LogP contribution in [0.1, 0.15) is 13.3 Å². The van der Waals surface area contributed by atoms with Gasteiger partial charge in [-0.05, 0) is 24.6 Å². The highest BCUT2D eigenvalue weighted by Gasteiger charge is 2.38. The van der Waals surface area contributed by atoms with Crippen molar-refractivity contribution in [3.63, 3.8) is 0 Å². The maximum atomic E-state index is 9.69. The average molecular weight is 256 g/mol. The van der Waals surface area contributed by atoms with Crippen molar-refractivity contribution in [3.05, 3.63) is 29.3 Å². The van der Waals surface area contributed by atoms with E-state index in [2.05, 4.69) is 12.2 Å². The fourth-order valence-electron chi connectivity index (χ4n) is 2.23. The predicted molar refractivity (Wildman–Crippen MR) is 69.5 cm³/mol. The molecule has 2 rings (SSSR count). The van der Waals surface area contributed by atoms with Gasteiger partial charge >= 0.3 is 0 Å². The molecule has 17 heavy (non-hydrogen) atoms. The van der Waals surface area contributed by atoms with E-state index >= 15 is 0 Å². The van der Waals surface area contributed by atoms with Crippen molar-refractivity contribution in [1.29, 1.82) is 0 Å². The molecule has 0 aromatic heterocycles. The molecule has 94 valence electrons. The minimum atomic E-state index is -0.303. The molecule has 4 heteroatoms. The van der Waals surface area contributed by atoms with Crippen LogP contribution in [0.25, 0.3) is 0 Å². The van der Waals surface area contributed by atoms with E-state index in [0.29, 0.717) is 18.2 Å². The molecule has 2 N–H and O–H groups in total. The Morgan fingerprint density at radius 1 is 1.59 bits per heavy atom. The summed E-state index contributed by atoms with van der Waals surface area (Å²) >= 11 is 5.96. The number of benzene rings is 1. The second-order valence-corrected chi connectivity index (χ2v) is 5.11. The Labute approximate surface area is 107 Å². The standard InChI is InChI=1S/C13H18ClNO2/c1-10-8-17-6-5-13(10,9-16)15-12-4-2-3-11(14)7-12/h2-4,7,10,15-16H,5-6,8-9H2,1H3. The SMILES string of the molecule is CC1COCCC1(CO)Nc1cccc(Cl)c1. The zero-order valence-electron chi connectivity index (χ0n) is 9.95. The van der Waals surface area contributed by atoms with Crippen molar-refractivity contribution >= 4 is 17.3 Å². The normalized spacial score (nSPS) is 29.0. The van der Waals surface area contributed by atoms with Gasteiger partial charge in [-0.2, -0.15) is 0 Å². The van der Waals surface area contributed by atoms with Gasteiger partial charge in [-0.15, -0.1) is 0 Å². The third-order valence-corrected chi connectivity index (χ3v) is 3.74. The number of hydrogen-bond acceptors (Lipinski definition) is 3. The van der Waals surface area contributed by atoms with Crippen molar-refractivity contribution in [2.24, 2.45) is 5.92 Å². The minimum Gasteiger partial charge on any atom is -0.394 e. The van der Waals surface area contributed by atoms with Crippen LogP contribution in [-0.4, -0.2) is 30.5 Å². The lowest BCUT2D eigenvalue weighted by atomic mass is 9.81. The summed E-state index contributed by atoms with van der Waals surface area (Å²) < 4.78 is 5.42. The Bertz CT molecular complexity index is 385. The summed E-state index contributed by atoms with van der Waals surface area (Å²) in [4.78, 5) is 0. The van der Waals surface area contributed by atoms with E-state index in [0.717, 1.165) is 12.1 Å². The van der Waals surface area contributed by atoms with Crippen LogP contribution < -0.4 is 5.32 Å². The van der Waals surface area contributed by atoms with Gasteiger partial charge in [0.2, 0.25) is 0 Å². The van der Waals surface area contributed by atoms with Crippen molar-refractivity contribution < 1.29 is 9.84 Å². The molecule has 1 aromatic rings. The summed E-state index contributed by atoms with van der Waals surface area (Å²) in [6, 6.07) is 7.58. The zero-order chi connectivity index (χ0) is 12.3. The van der Waals surface area contributed by atoms with Gasteiger partial charge in [-0.1, -0.05) is 24.6 Å². The molecule has 1 aromatic carbocycles. The Balaban J connectivity index is 2.18. The van der Waals surface area contributed by atoms with E-state index in [1.165, 1.54) is 0 Å². The summed E-state index contributed by atoms with van der Waals surface area (Å²) in [7, 11) is 0. The topological polar surface area (TPSA) is 41.5 Å². The maximum absolute atomic E-state index is 9.69. The van der Waals surface area contributed by atoms with E-state index in [1.54, 1.807) is 0 Å². The molecular formula is C13H18ClNO2. The molecule has 0 radical (unpaired) electrons. The Hall–Kier alpha value is -0.770. The molecule has 1 aliphatic rings. The van der Waals surface area contributed by atoms with Gasteiger partial charge < -0.3 is 15.2 Å². The number of ether oxygens (including phenoxy) is 1. The maximum Gasteiger partial charge on any atom is 0.0673 e. The lowest BCUT2D eigenvalue weighted by molar-refractivity contribution is -0.00358. The third kappa shape index (κ3) is 2.73. The molecule has 2 atom stereocenters. The number of aliphatic hydroxyl groups excluding tert-OH is 1. The van der Waals surface area contributed by atoms with Crippen LogP contribution in [0.3, 0.4) is 0 Å². The molecule has 0 aliphatic carbocycles. The first-order valence-corrected chi connectivity index (χ1v) is 6.26. The minimum absolute atomic E-state index is 0.101. The number of nitrogens with one attached hydrogen (secondary N) is 1. The first-order valence-electron chi connectivity index (χ1n) is 5.89. The first-order chi connectivity index (χ1) is 8.16.